The van der Waals surface area contributed by atoms with Gasteiger partial charge in [0.05, 0.1) is 17.6 Å². The van der Waals surface area contributed by atoms with Gasteiger partial charge in [-0.1, -0.05) is 6.07 Å². The van der Waals surface area contributed by atoms with Gasteiger partial charge in [0.1, 0.15) is 5.82 Å². The minimum Gasteiger partial charge on any atom is -0.465 e. The maximum Gasteiger partial charge on any atom is 0.337 e. The minimum absolute atomic E-state index is 0.0857. The van der Waals surface area contributed by atoms with Crippen molar-refractivity contribution in [1.82, 2.24) is 4.98 Å². The molecule has 0 aliphatic heterocycles. The van der Waals surface area contributed by atoms with E-state index < -0.39 is 16.0 Å². The van der Waals surface area contributed by atoms with E-state index in [1.807, 2.05) is 6.92 Å². The first kappa shape index (κ1) is 16.0. The highest BCUT2D eigenvalue weighted by molar-refractivity contribution is 7.92. The smallest absolute Gasteiger partial charge is 0.337 e. The zero-order valence-corrected chi connectivity index (χ0v) is 13.3. The number of nitrogens with zero attached hydrogens (tertiary/aromatic N) is 1. The molecule has 0 radical (unpaired) electrons. The lowest BCUT2D eigenvalue weighted by Gasteiger charge is -2.10. The second kappa shape index (κ2) is 6.15. The molecule has 1 heterocycles. The summed E-state index contributed by atoms with van der Waals surface area (Å²) < 4.78 is 31.8. The van der Waals surface area contributed by atoms with Crippen LogP contribution in [0.5, 0.6) is 0 Å². The lowest BCUT2D eigenvalue weighted by molar-refractivity contribution is 0.0600. The summed E-state index contributed by atoms with van der Waals surface area (Å²) in [6.07, 6.45) is 1.57. The van der Waals surface area contributed by atoms with E-state index in [-0.39, 0.29) is 10.7 Å². The Bertz CT molecular complexity index is 799. The quantitative estimate of drug-likeness (QED) is 0.874. The molecule has 6 nitrogen and oxygen atoms in total. The van der Waals surface area contributed by atoms with Crippen LogP contribution in [0.2, 0.25) is 0 Å². The van der Waals surface area contributed by atoms with Crippen molar-refractivity contribution in [3.05, 3.63) is 53.2 Å². The molecule has 2 rings (SSSR count). The molecule has 1 aromatic heterocycles. The van der Waals surface area contributed by atoms with Crippen LogP contribution >= 0.6 is 0 Å². The van der Waals surface area contributed by atoms with Crippen LogP contribution in [0.3, 0.4) is 0 Å². The fourth-order valence-electron chi connectivity index (χ4n) is 1.92. The van der Waals surface area contributed by atoms with Gasteiger partial charge < -0.3 is 4.74 Å². The monoisotopic (exact) mass is 320 g/mol. The number of ether oxygens (including phenoxy) is 1. The molecule has 1 N–H and O–H groups in total. The van der Waals surface area contributed by atoms with Crippen molar-refractivity contribution in [2.24, 2.45) is 0 Å². The van der Waals surface area contributed by atoms with Crippen LogP contribution in [0.4, 0.5) is 5.82 Å². The van der Waals surface area contributed by atoms with Crippen molar-refractivity contribution >= 4 is 21.8 Å². The molecule has 7 heteroatoms. The number of aromatic nitrogens is 1. The lowest BCUT2D eigenvalue weighted by atomic mass is 10.1. The van der Waals surface area contributed by atoms with Crippen molar-refractivity contribution in [2.45, 2.75) is 18.7 Å². The molecular weight excluding hydrogens is 304 g/mol. The van der Waals surface area contributed by atoms with Crippen LogP contribution in [0.1, 0.15) is 21.5 Å². The molecule has 0 aliphatic carbocycles. The number of anilines is 1. The third-order valence-electron chi connectivity index (χ3n) is 3.04. The Morgan fingerprint density at radius 2 is 1.91 bits per heavy atom. The number of esters is 1. The van der Waals surface area contributed by atoms with E-state index >= 15 is 0 Å². The Morgan fingerprint density at radius 3 is 2.45 bits per heavy atom. The van der Waals surface area contributed by atoms with Gasteiger partial charge in [0.2, 0.25) is 0 Å². The Labute approximate surface area is 129 Å². The molecule has 0 aliphatic rings. The molecule has 0 fully saturated rings. The zero-order chi connectivity index (χ0) is 16.3. The van der Waals surface area contributed by atoms with Gasteiger partial charge in [-0.2, -0.15) is 0 Å². The van der Waals surface area contributed by atoms with Gasteiger partial charge in [0.25, 0.3) is 10.0 Å². The number of methoxy groups -OCH3 is 1. The normalized spacial score (nSPS) is 11.0. The summed E-state index contributed by atoms with van der Waals surface area (Å²) in [5.41, 5.74) is 1.68. The van der Waals surface area contributed by atoms with Crippen LogP contribution in [-0.2, 0) is 14.8 Å². The number of carbonyl (C=O) groups is 1. The van der Waals surface area contributed by atoms with Crippen LogP contribution in [0.15, 0.2) is 41.4 Å². The van der Waals surface area contributed by atoms with Gasteiger partial charge in [-0.3, -0.25) is 4.72 Å². The van der Waals surface area contributed by atoms with Crippen LogP contribution in [0.25, 0.3) is 0 Å². The van der Waals surface area contributed by atoms with E-state index in [1.54, 1.807) is 25.3 Å². The number of sulfonamides is 1. The van der Waals surface area contributed by atoms with E-state index in [2.05, 4.69) is 14.4 Å². The molecule has 0 spiro atoms. The molecule has 22 heavy (non-hydrogen) atoms. The first-order chi connectivity index (χ1) is 10.3. The second-order valence-electron chi connectivity index (χ2n) is 4.80. The number of benzene rings is 1. The minimum atomic E-state index is -3.77. The Balaban J connectivity index is 2.33. The first-order valence-corrected chi connectivity index (χ1v) is 7.96. The number of hydrogen-bond donors (Lipinski definition) is 1. The third kappa shape index (κ3) is 3.43. The van der Waals surface area contributed by atoms with E-state index in [0.29, 0.717) is 11.1 Å². The van der Waals surface area contributed by atoms with Gasteiger partial charge in [0.15, 0.2) is 0 Å². The molecular formula is C15H16N2O4S. The van der Waals surface area contributed by atoms with Gasteiger partial charge in [-0.05, 0) is 49.2 Å². The fraction of sp³-hybridized carbons (Fsp3) is 0.200. The summed E-state index contributed by atoms with van der Waals surface area (Å²) in [5.74, 6) is -0.276. The van der Waals surface area contributed by atoms with E-state index in [1.165, 1.54) is 25.3 Å². The number of pyridine rings is 1. The van der Waals surface area contributed by atoms with E-state index in [0.717, 1.165) is 5.56 Å². The fourth-order valence-corrected chi connectivity index (χ4v) is 3.15. The Hall–Kier alpha value is -2.41. The summed E-state index contributed by atoms with van der Waals surface area (Å²) in [6.45, 7) is 3.48. The van der Waals surface area contributed by atoms with Crippen LogP contribution < -0.4 is 4.72 Å². The molecule has 0 saturated heterocycles. The number of hydrogen-bond acceptors (Lipinski definition) is 5. The van der Waals surface area contributed by atoms with Crippen LogP contribution in [0, 0.1) is 13.8 Å². The molecule has 0 saturated carbocycles. The maximum absolute atomic E-state index is 12.4. The average Bonchev–Trinajstić information content (AvgIpc) is 2.48. The van der Waals surface area contributed by atoms with Crippen molar-refractivity contribution in [1.29, 1.82) is 0 Å². The lowest BCUT2D eigenvalue weighted by Crippen LogP contribution is -2.15. The van der Waals surface area contributed by atoms with E-state index in [4.69, 9.17) is 0 Å². The summed E-state index contributed by atoms with van der Waals surface area (Å²) in [4.78, 5) is 15.6. The highest BCUT2D eigenvalue weighted by Crippen LogP contribution is 2.20. The summed E-state index contributed by atoms with van der Waals surface area (Å²) in [5, 5.41) is 0. The SMILES string of the molecule is COC(=O)c1ccc(S(=O)(=O)Nc2ccc(C)cn2)c(C)c1. The van der Waals surface area contributed by atoms with E-state index in [9.17, 15) is 13.2 Å². The second-order valence-corrected chi connectivity index (χ2v) is 6.45. The molecule has 116 valence electrons. The number of nitrogens with one attached hydrogen (secondary N) is 1. The standard InChI is InChI=1S/C15H16N2O4S/c1-10-4-7-14(16-9-10)17-22(19,20)13-6-5-12(8-11(13)2)15(18)21-3/h4-9H,1-3H3,(H,16,17). The third-order valence-corrected chi connectivity index (χ3v) is 4.55. The largest absolute Gasteiger partial charge is 0.465 e. The first-order valence-electron chi connectivity index (χ1n) is 6.48. The van der Waals surface area contributed by atoms with Crippen molar-refractivity contribution in [3.63, 3.8) is 0 Å². The summed E-state index contributed by atoms with van der Waals surface area (Å²) >= 11 is 0. The number of carbonyl (C=O) groups excluding carboxylic acids is 1. The predicted octanol–water partition coefficient (Wildman–Crippen LogP) is 2.29. The molecule has 0 bridgehead atoms. The Morgan fingerprint density at radius 1 is 1.18 bits per heavy atom. The average molecular weight is 320 g/mol. The topological polar surface area (TPSA) is 85.4 Å². The van der Waals surface area contributed by atoms with Crippen molar-refractivity contribution < 1.29 is 17.9 Å². The molecule has 0 atom stereocenters. The molecule has 1 aromatic carbocycles. The van der Waals surface area contributed by atoms with Crippen LogP contribution in [-0.4, -0.2) is 26.5 Å². The maximum atomic E-state index is 12.4. The van der Waals surface area contributed by atoms with Gasteiger partial charge in [-0.25, -0.2) is 18.2 Å². The van der Waals surface area contributed by atoms with Gasteiger partial charge >= 0.3 is 5.97 Å². The summed E-state index contributed by atoms with van der Waals surface area (Å²) in [6, 6.07) is 7.61. The van der Waals surface area contributed by atoms with Gasteiger partial charge in [-0.15, -0.1) is 0 Å². The van der Waals surface area contributed by atoms with Crippen molar-refractivity contribution in [2.75, 3.05) is 11.8 Å². The highest BCUT2D eigenvalue weighted by atomic mass is 32.2. The Kier molecular flexibility index (Phi) is 4.46. The molecule has 0 amide bonds. The summed E-state index contributed by atoms with van der Waals surface area (Å²) in [7, 11) is -2.50. The highest BCUT2D eigenvalue weighted by Gasteiger charge is 2.19. The molecule has 2 aromatic rings. The van der Waals surface area contributed by atoms with Crippen molar-refractivity contribution in [3.8, 4) is 0 Å². The number of aryl methyl sites for hydroxylation is 2. The molecule has 0 unspecified atom stereocenters. The number of rotatable bonds is 4. The zero-order valence-electron chi connectivity index (χ0n) is 12.5. The predicted molar refractivity (Wildman–Crippen MR) is 82.3 cm³/mol. The van der Waals surface area contributed by atoms with Gasteiger partial charge in [0, 0.05) is 6.20 Å².